The molecule has 7 heteroatoms. The summed E-state index contributed by atoms with van der Waals surface area (Å²) >= 11 is 11.7. The predicted molar refractivity (Wildman–Crippen MR) is 92.9 cm³/mol. The van der Waals surface area contributed by atoms with E-state index in [0.29, 0.717) is 24.6 Å². The SMILES string of the molecule is CCCNC(=O)/C(Cl)=C(/Cl)C(=O)Nc1ccc(OCCC)cc1. The topological polar surface area (TPSA) is 67.4 Å². The highest BCUT2D eigenvalue weighted by Crippen LogP contribution is 2.19. The molecule has 23 heavy (non-hydrogen) atoms. The van der Waals surface area contributed by atoms with Crippen molar-refractivity contribution in [2.75, 3.05) is 18.5 Å². The largest absolute Gasteiger partial charge is 0.494 e. The van der Waals surface area contributed by atoms with E-state index in [1.165, 1.54) is 0 Å². The van der Waals surface area contributed by atoms with Gasteiger partial charge in [0.1, 0.15) is 15.8 Å². The standard InChI is InChI=1S/C16H20Cl2N2O3/c1-3-9-19-15(21)13(17)14(18)16(22)20-11-5-7-12(8-6-11)23-10-4-2/h5-8H,3-4,9-10H2,1-2H3,(H,19,21)(H,20,22)/b14-13-. The van der Waals surface area contributed by atoms with E-state index in [9.17, 15) is 9.59 Å². The molecule has 0 fully saturated rings. The van der Waals surface area contributed by atoms with Crippen LogP contribution in [0.2, 0.25) is 0 Å². The van der Waals surface area contributed by atoms with Gasteiger partial charge in [0.25, 0.3) is 11.8 Å². The smallest absolute Gasteiger partial charge is 0.268 e. The lowest BCUT2D eigenvalue weighted by Crippen LogP contribution is -2.26. The summed E-state index contributed by atoms with van der Waals surface area (Å²) in [5.41, 5.74) is 0.524. The Hall–Kier alpha value is -1.72. The van der Waals surface area contributed by atoms with Crippen molar-refractivity contribution in [3.63, 3.8) is 0 Å². The highest BCUT2D eigenvalue weighted by atomic mass is 35.5. The Kier molecular flexibility index (Phi) is 8.51. The van der Waals surface area contributed by atoms with Crippen LogP contribution in [-0.4, -0.2) is 25.0 Å². The van der Waals surface area contributed by atoms with E-state index in [1.54, 1.807) is 24.3 Å². The molecule has 0 spiro atoms. The fourth-order valence-electron chi connectivity index (χ4n) is 1.56. The molecule has 0 saturated carbocycles. The average Bonchev–Trinajstić information content (AvgIpc) is 2.57. The van der Waals surface area contributed by atoms with Crippen molar-refractivity contribution in [3.8, 4) is 5.75 Å². The predicted octanol–water partition coefficient (Wildman–Crippen LogP) is 3.63. The zero-order chi connectivity index (χ0) is 17.2. The molecule has 0 heterocycles. The molecular formula is C16H20Cl2N2O3. The molecule has 1 aromatic rings. The number of amides is 2. The molecule has 0 radical (unpaired) electrons. The van der Waals surface area contributed by atoms with Crippen LogP contribution in [-0.2, 0) is 9.59 Å². The number of benzene rings is 1. The second-order valence-electron chi connectivity index (χ2n) is 4.71. The third kappa shape index (κ3) is 6.50. The van der Waals surface area contributed by atoms with Gasteiger partial charge in [-0.3, -0.25) is 9.59 Å². The van der Waals surface area contributed by atoms with E-state index < -0.39 is 11.8 Å². The first-order chi connectivity index (χ1) is 11.0. The molecule has 5 nitrogen and oxygen atoms in total. The number of carbonyl (C=O) groups is 2. The fourth-order valence-corrected chi connectivity index (χ4v) is 1.84. The van der Waals surface area contributed by atoms with E-state index in [0.717, 1.165) is 12.8 Å². The van der Waals surface area contributed by atoms with Gasteiger partial charge in [0, 0.05) is 12.2 Å². The molecular weight excluding hydrogens is 339 g/mol. The molecule has 0 aromatic heterocycles. The number of ether oxygens (including phenoxy) is 1. The van der Waals surface area contributed by atoms with E-state index in [-0.39, 0.29) is 10.1 Å². The van der Waals surface area contributed by atoms with Gasteiger partial charge in [-0.05, 0) is 37.1 Å². The Morgan fingerprint density at radius 3 is 2.17 bits per heavy atom. The van der Waals surface area contributed by atoms with Crippen LogP contribution >= 0.6 is 23.2 Å². The molecule has 0 atom stereocenters. The number of carbonyl (C=O) groups excluding carboxylic acids is 2. The summed E-state index contributed by atoms with van der Waals surface area (Å²) in [5.74, 6) is -0.508. The Balaban J connectivity index is 2.68. The van der Waals surface area contributed by atoms with E-state index >= 15 is 0 Å². The minimum Gasteiger partial charge on any atom is -0.494 e. The Morgan fingerprint density at radius 2 is 1.61 bits per heavy atom. The van der Waals surface area contributed by atoms with Gasteiger partial charge in [0.2, 0.25) is 0 Å². The van der Waals surface area contributed by atoms with Crippen molar-refractivity contribution in [1.29, 1.82) is 0 Å². The van der Waals surface area contributed by atoms with Crippen LogP contribution < -0.4 is 15.4 Å². The van der Waals surface area contributed by atoms with E-state index in [2.05, 4.69) is 10.6 Å². The maximum Gasteiger partial charge on any atom is 0.268 e. The number of nitrogens with one attached hydrogen (secondary N) is 2. The summed E-state index contributed by atoms with van der Waals surface area (Å²) in [6.07, 6.45) is 1.67. The molecule has 0 aliphatic heterocycles. The molecule has 0 aliphatic rings. The van der Waals surface area contributed by atoms with Gasteiger partial charge in [-0.1, -0.05) is 37.0 Å². The minimum absolute atomic E-state index is 0.333. The summed E-state index contributed by atoms with van der Waals surface area (Å²) in [6.45, 7) is 5.01. The Morgan fingerprint density at radius 1 is 1.00 bits per heavy atom. The maximum absolute atomic E-state index is 12.0. The first-order valence-corrected chi connectivity index (χ1v) is 8.12. The van der Waals surface area contributed by atoms with E-state index in [4.69, 9.17) is 27.9 Å². The number of rotatable bonds is 8. The number of halogens is 2. The van der Waals surface area contributed by atoms with Crippen molar-refractivity contribution in [1.82, 2.24) is 5.32 Å². The molecule has 2 amide bonds. The normalized spacial score (nSPS) is 11.5. The number of anilines is 1. The van der Waals surface area contributed by atoms with Gasteiger partial charge in [0.15, 0.2) is 0 Å². The fraction of sp³-hybridized carbons (Fsp3) is 0.375. The summed E-state index contributed by atoms with van der Waals surface area (Å²) < 4.78 is 5.45. The lowest BCUT2D eigenvalue weighted by Gasteiger charge is -2.08. The molecule has 2 N–H and O–H groups in total. The van der Waals surface area contributed by atoms with Gasteiger partial charge in [-0.25, -0.2) is 0 Å². The lowest BCUT2D eigenvalue weighted by molar-refractivity contribution is -0.117. The van der Waals surface area contributed by atoms with Crippen molar-refractivity contribution >= 4 is 40.7 Å². The van der Waals surface area contributed by atoms with Crippen LogP contribution in [0, 0.1) is 0 Å². The Bertz CT molecular complexity index is 571. The van der Waals surface area contributed by atoms with Gasteiger partial charge < -0.3 is 15.4 Å². The van der Waals surface area contributed by atoms with Crippen molar-refractivity contribution in [3.05, 3.63) is 34.3 Å². The van der Waals surface area contributed by atoms with Gasteiger partial charge >= 0.3 is 0 Å². The monoisotopic (exact) mass is 358 g/mol. The molecule has 0 saturated heterocycles. The highest BCUT2D eigenvalue weighted by molar-refractivity contribution is 6.54. The second-order valence-corrected chi connectivity index (χ2v) is 5.47. The van der Waals surface area contributed by atoms with Crippen LogP contribution in [0.3, 0.4) is 0 Å². The van der Waals surface area contributed by atoms with Crippen molar-refractivity contribution in [2.24, 2.45) is 0 Å². The average molecular weight is 359 g/mol. The highest BCUT2D eigenvalue weighted by Gasteiger charge is 2.17. The lowest BCUT2D eigenvalue weighted by atomic mass is 10.3. The minimum atomic E-state index is -0.648. The zero-order valence-corrected chi connectivity index (χ0v) is 14.6. The van der Waals surface area contributed by atoms with E-state index in [1.807, 2.05) is 13.8 Å². The van der Waals surface area contributed by atoms with Crippen LogP contribution in [0.15, 0.2) is 34.3 Å². The first-order valence-electron chi connectivity index (χ1n) is 7.37. The summed E-state index contributed by atoms with van der Waals surface area (Å²) in [6, 6.07) is 6.83. The summed E-state index contributed by atoms with van der Waals surface area (Å²) in [4.78, 5) is 23.7. The molecule has 1 rings (SSSR count). The van der Waals surface area contributed by atoms with Gasteiger partial charge in [0.05, 0.1) is 6.61 Å². The van der Waals surface area contributed by atoms with Gasteiger partial charge in [-0.2, -0.15) is 0 Å². The van der Waals surface area contributed by atoms with Crippen LogP contribution in [0.4, 0.5) is 5.69 Å². The Labute approximate surface area is 146 Å². The molecule has 0 aliphatic carbocycles. The van der Waals surface area contributed by atoms with Crippen LogP contribution in [0.5, 0.6) is 5.75 Å². The van der Waals surface area contributed by atoms with Crippen molar-refractivity contribution in [2.45, 2.75) is 26.7 Å². The van der Waals surface area contributed by atoms with Crippen LogP contribution in [0.25, 0.3) is 0 Å². The quantitative estimate of drug-likeness (QED) is 0.697. The molecule has 0 bridgehead atoms. The third-order valence-electron chi connectivity index (χ3n) is 2.71. The van der Waals surface area contributed by atoms with Crippen molar-refractivity contribution < 1.29 is 14.3 Å². The maximum atomic E-state index is 12.0. The summed E-state index contributed by atoms with van der Waals surface area (Å²) in [7, 11) is 0. The first kappa shape index (κ1) is 19.3. The number of hydrogen-bond acceptors (Lipinski definition) is 3. The third-order valence-corrected chi connectivity index (χ3v) is 3.53. The van der Waals surface area contributed by atoms with Crippen LogP contribution in [0.1, 0.15) is 26.7 Å². The zero-order valence-electron chi connectivity index (χ0n) is 13.1. The molecule has 1 aromatic carbocycles. The van der Waals surface area contributed by atoms with Gasteiger partial charge in [-0.15, -0.1) is 0 Å². The molecule has 0 unspecified atom stereocenters. The second kappa shape index (κ2) is 10.1. The number of hydrogen-bond donors (Lipinski definition) is 2. The molecule has 126 valence electrons. The summed E-state index contributed by atoms with van der Waals surface area (Å²) in [5, 5.41) is 4.43.